The van der Waals surface area contributed by atoms with E-state index in [0.29, 0.717) is 17.8 Å². The minimum absolute atomic E-state index is 0.311. The molecule has 1 aliphatic heterocycles. The number of carbonyl (C=O) groups excluding carboxylic acids is 1. The minimum Gasteiger partial charge on any atom is -0.461 e. The number of aromatic amines is 1. The minimum atomic E-state index is -0.311. The highest BCUT2D eigenvalue weighted by atomic mass is 16.5. The molecule has 1 saturated heterocycles. The second-order valence-electron chi connectivity index (χ2n) is 4.85. The monoisotopic (exact) mass is 262 g/mol. The number of H-pyrrole nitrogens is 1. The van der Waals surface area contributed by atoms with E-state index in [1.54, 1.807) is 23.1 Å². The Morgan fingerprint density at radius 2 is 2.21 bits per heavy atom. The van der Waals surface area contributed by atoms with Gasteiger partial charge in [-0.3, -0.25) is 10.00 Å². The second kappa shape index (κ2) is 5.44. The van der Waals surface area contributed by atoms with Gasteiger partial charge in [0.1, 0.15) is 12.2 Å². The lowest BCUT2D eigenvalue weighted by Crippen LogP contribution is -2.33. The van der Waals surface area contributed by atoms with Gasteiger partial charge in [-0.15, -0.1) is 0 Å². The van der Waals surface area contributed by atoms with Crippen LogP contribution >= 0.6 is 0 Å². The quantitative estimate of drug-likeness (QED) is 0.844. The Kier molecular flexibility index (Phi) is 3.50. The van der Waals surface area contributed by atoms with Crippen molar-refractivity contribution >= 4 is 11.6 Å². The van der Waals surface area contributed by atoms with Crippen LogP contribution in [-0.2, 0) is 4.74 Å². The van der Waals surface area contributed by atoms with E-state index in [4.69, 9.17) is 4.74 Å². The van der Waals surface area contributed by atoms with Gasteiger partial charge in [-0.05, 0) is 25.9 Å². The molecule has 3 heterocycles. The van der Waals surface area contributed by atoms with Crippen LogP contribution in [0.3, 0.4) is 0 Å². The van der Waals surface area contributed by atoms with Gasteiger partial charge < -0.3 is 4.74 Å². The average molecular weight is 262 g/mol. The van der Waals surface area contributed by atoms with Crippen molar-refractivity contribution in [3.05, 3.63) is 24.2 Å². The SMILES string of the molecule is O=C(OCCN1CCCCC1)c1c[nH]n2ccnc12. The molecule has 0 aromatic carbocycles. The van der Waals surface area contributed by atoms with Crippen LogP contribution < -0.4 is 0 Å². The van der Waals surface area contributed by atoms with Gasteiger partial charge in [-0.25, -0.2) is 14.3 Å². The third-order valence-corrected chi connectivity index (χ3v) is 3.54. The first-order chi connectivity index (χ1) is 9.34. The number of piperidine rings is 1. The fraction of sp³-hybridized carbons (Fsp3) is 0.538. The van der Waals surface area contributed by atoms with E-state index in [1.807, 2.05) is 0 Å². The summed E-state index contributed by atoms with van der Waals surface area (Å²) < 4.78 is 7.01. The van der Waals surface area contributed by atoms with Crippen LogP contribution in [0.1, 0.15) is 29.6 Å². The van der Waals surface area contributed by atoms with Gasteiger partial charge in [0, 0.05) is 25.1 Å². The number of imidazole rings is 1. The summed E-state index contributed by atoms with van der Waals surface area (Å²) in [4.78, 5) is 18.4. The third-order valence-electron chi connectivity index (χ3n) is 3.54. The number of hydrogen-bond donors (Lipinski definition) is 1. The highest BCUT2D eigenvalue weighted by molar-refractivity contribution is 5.95. The van der Waals surface area contributed by atoms with Crippen molar-refractivity contribution in [2.45, 2.75) is 19.3 Å². The Bertz CT molecular complexity index is 554. The summed E-state index contributed by atoms with van der Waals surface area (Å²) in [7, 11) is 0. The zero-order valence-electron chi connectivity index (χ0n) is 10.8. The Morgan fingerprint density at radius 1 is 1.37 bits per heavy atom. The number of fused-ring (bicyclic) bond motifs is 1. The van der Waals surface area contributed by atoms with Crippen LogP contribution in [0.15, 0.2) is 18.6 Å². The molecule has 2 aromatic rings. The summed E-state index contributed by atoms with van der Waals surface area (Å²) in [5.74, 6) is -0.311. The van der Waals surface area contributed by atoms with E-state index in [1.165, 1.54) is 19.3 Å². The fourth-order valence-electron chi connectivity index (χ4n) is 2.48. The average Bonchev–Trinajstić information content (AvgIpc) is 3.02. The van der Waals surface area contributed by atoms with Gasteiger partial charge in [0.2, 0.25) is 0 Å². The fourth-order valence-corrected chi connectivity index (χ4v) is 2.48. The smallest absolute Gasteiger partial charge is 0.343 e. The Hall–Kier alpha value is -1.82. The molecular weight excluding hydrogens is 244 g/mol. The summed E-state index contributed by atoms with van der Waals surface area (Å²) >= 11 is 0. The van der Waals surface area contributed by atoms with Gasteiger partial charge in [-0.2, -0.15) is 0 Å². The largest absolute Gasteiger partial charge is 0.461 e. The predicted octanol–water partition coefficient (Wildman–Crippen LogP) is 1.31. The lowest BCUT2D eigenvalue weighted by Gasteiger charge is -2.25. The molecule has 6 nitrogen and oxygen atoms in total. The molecule has 0 aliphatic carbocycles. The van der Waals surface area contributed by atoms with Crippen molar-refractivity contribution < 1.29 is 9.53 Å². The van der Waals surface area contributed by atoms with Crippen LogP contribution in [0.25, 0.3) is 5.65 Å². The van der Waals surface area contributed by atoms with Gasteiger partial charge in [0.15, 0.2) is 5.65 Å². The van der Waals surface area contributed by atoms with E-state index < -0.39 is 0 Å². The standard InChI is InChI=1S/C13H18N4O2/c18-13(11-10-15-17-7-4-14-12(11)17)19-9-8-16-5-2-1-3-6-16/h4,7,10,15H,1-3,5-6,8-9H2. The normalized spacial score (nSPS) is 16.8. The van der Waals surface area contributed by atoms with E-state index >= 15 is 0 Å². The maximum Gasteiger partial charge on any atom is 0.343 e. The van der Waals surface area contributed by atoms with Crippen LogP contribution in [0.2, 0.25) is 0 Å². The number of ether oxygens (including phenoxy) is 1. The van der Waals surface area contributed by atoms with Crippen molar-refractivity contribution in [1.82, 2.24) is 19.5 Å². The van der Waals surface area contributed by atoms with Gasteiger partial charge in [0.05, 0.1) is 0 Å². The van der Waals surface area contributed by atoms with Crippen LogP contribution in [0, 0.1) is 0 Å². The van der Waals surface area contributed by atoms with Gasteiger partial charge in [0.25, 0.3) is 0 Å². The molecule has 0 radical (unpaired) electrons. The number of nitrogens with one attached hydrogen (secondary N) is 1. The number of hydrogen-bond acceptors (Lipinski definition) is 4. The zero-order chi connectivity index (χ0) is 13.1. The lowest BCUT2D eigenvalue weighted by atomic mass is 10.1. The maximum absolute atomic E-state index is 11.9. The molecule has 102 valence electrons. The number of nitrogens with zero attached hydrogens (tertiary/aromatic N) is 3. The van der Waals surface area contributed by atoms with Crippen molar-refractivity contribution in [3.63, 3.8) is 0 Å². The Balaban J connectivity index is 1.52. The number of carbonyl (C=O) groups is 1. The first-order valence-corrected chi connectivity index (χ1v) is 6.74. The summed E-state index contributed by atoms with van der Waals surface area (Å²) in [5.41, 5.74) is 1.10. The van der Waals surface area contributed by atoms with Crippen LogP contribution in [-0.4, -0.2) is 51.7 Å². The molecule has 6 heteroatoms. The number of aromatic nitrogens is 3. The van der Waals surface area contributed by atoms with Crippen molar-refractivity contribution in [2.24, 2.45) is 0 Å². The second-order valence-corrected chi connectivity index (χ2v) is 4.85. The van der Waals surface area contributed by atoms with Crippen molar-refractivity contribution in [2.75, 3.05) is 26.2 Å². The number of esters is 1. The van der Waals surface area contributed by atoms with Crippen LogP contribution in [0.4, 0.5) is 0 Å². The molecule has 1 aliphatic rings. The molecule has 0 amide bonds. The molecule has 3 rings (SSSR count). The molecule has 0 bridgehead atoms. The molecule has 1 N–H and O–H groups in total. The summed E-state index contributed by atoms with van der Waals surface area (Å²) in [5, 5.41) is 2.93. The van der Waals surface area contributed by atoms with Crippen LogP contribution in [0.5, 0.6) is 0 Å². The van der Waals surface area contributed by atoms with Crippen molar-refractivity contribution in [3.8, 4) is 0 Å². The molecule has 0 saturated carbocycles. The van der Waals surface area contributed by atoms with Gasteiger partial charge >= 0.3 is 5.97 Å². The topological polar surface area (TPSA) is 62.6 Å². The first kappa shape index (κ1) is 12.2. The Labute approximate surface area is 111 Å². The molecule has 19 heavy (non-hydrogen) atoms. The predicted molar refractivity (Wildman–Crippen MR) is 70.1 cm³/mol. The molecule has 0 spiro atoms. The molecule has 2 aromatic heterocycles. The zero-order valence-corrected chi connectivity index (χ0v) is 10.8. The first-order valence-electron chi connectivity index (χ1n) is 6.74. The van der Waals surface area contributed by atoms with E-state index in [0.717, 1.165) is 19.6 Å². The summed E-state index contributed by atoms with van der Waals surface area (Å²) in [6.45, 7) is 3.50. The Morgan fingerprint density at radius 3 is 3.05 bits per heavy atom. The lowest BCUT2D eigenvalue weighted by molar-refractivity contribution is 0.0454. The maximum atomic E-state index is 11.9. The highest BCUT2D eigenvalue weighted by Gasteiger charge is 2.16. The molecular formula is C13H18N4O2. The number of rotatable bonds is 4. The number of likely N-dealkylation sites (tertiary alicyclic amines) is 1. The third kappa shape index (κ3) is 2.63. The van der Waals surface area contributed by atoms with E-state index in [-0.39, 0.29) is 5.97 Å². The van der Waals surface area contributed by atoms with E-state index in [2.05, 4.69) is 15.0 Å². The van der Waals surface area contributed by atoms with Crippen molar-refractivity contribution in [1.29, 1.82) is 0 Å². The summed E-state index contributed by atoms with van der Waals surface area (Å²) in [6, 6.07) is 0. The van der Waals surface area contributed by atoms with Gasteiger partial charge in [-0.1, -0.05) is 6.42 Å². The molecule has 0 unspecified atom stereocenters. The molecule has 1 fully saturated rings. The molecule has 0 atom stereocenters. The van der Waals surface area contributed by atoms with E-state index in [9.17, 15) is 4.79 Å². The highest BCUT2D eigenvalue weighted by Crippen LogP contribution is 2.10. The summed E-state index contributed by atoms with van der Waals surface area (Å²) in [6.07, 6.45) is 8.86.